The number of nitrogens with zero attached hydrogens (tertiary/aromatic N) is 3. The van der Waals surface area contributed by atoms with Gasteiger partial charge in [0.2, 0.25) is 5.91 Å². The topological polar surface area (TPSA) is 47.4 Å². The second-order valence-corrected chi connectivity index (χ2v) is 6.09. The summed E-state index contributed by atoms with van der Waals surface area (Å²) >= 11 is 0. The Bertz CT molecular complexity index is 594. The van der Waals surface area contributed by atoms with Crippen LogP contribution in [-0.4, -0.2) is 46.0 Å². The number of alkyl halides is 3. The summed E-state index contributed by atoms with van der Waals surface area (Å²) in [5.41, 5.74) is 2.00. The van der Waals surface area contributed by atoms with E-state index in [0.29, 0.717) is 5.92 Å². The van der Waals surface area contributed by atoms with Crippen molar-refractivity contribution in [3.05, 3.63) is 30.1 Å². The molecule has 1 aromatic rings. The molecule has 0 N–H and O–H groups in total. The molecule has 0 bridgehead atoms. The lowest BCUT2D eigenvalue weighted by molar-refractivity contribution is -0.177. The molecule has 1 unspecified atom stereocenters. The molecule has 1 amide bonds. The van der Waals surface area contributed by atoms with Crippen LogP contribution in [0.5, 0.6) is 0 Å². The number of ether oxygens (including phenoxy) is 1. The van der Waals surface area contributed by atoms with Crippen LogP contribution in [0.4, 0.5) is 13.2 Å². The Morgan fingerprint density at radius 2 is 2.25 bits per heavy atom. The number of carbonyl (C=O) groups is 1. The van der Waals surface area contributed by atoms with Crippen molar-refractivity contribution in [2.75, 3.05) is 13.2 Å². The molecule has 1 aliphatic rings. The third-order valence-corrected chi connectivity index (χ3v) is 4.05. The summed E-state index contributed by atoms with van der Waals surface area (Å²) in [5, 5.41) is 4.24. The predicted molar refractivity (Wildman–Crippen MR) is 82.3 cm³/mol. The van der Waals surface area contributed by atoms with Crippen molar-refractivity contribution in [3.63, 3.8) is 0 Å². The fourth-order valence-electron chi connectivity index (χ4n) is 2.57. The summed E-state index contributed by atoms with van der Waals surface area (Å²) in [7, 11) is 1.79. The van der Waals surface area contributed by atoms with E-state index in [-0.39, 0.29) is 19.1 Å². The molecule has 0 saturated heterocycles. The van der Waals surface area contributed by atoms with Gasteiger partial charge in [-0.15, -0.1) is 0 Å². The third kappa shape index (κ3) is 4.83. The molecule has 1 fully saturated rings. The van der Waals surface area contributed by atoms with Gasteiger partial charge in [0, 0.05) is 7.05 Å². The van der Waals surface area contributed by atoms with E-state index in [0.717, 1.165) is 30.2 Å². The van der Waals surface area contributed by atoms with Crippen LogP contribution in [0.1, 0.15) is 36.9 Å². The first-order valence-corrected chi connectivity index (χ1v) is 7.81. The summed E-state index contributed by atoms with van der Waals surface area (Å²) in [5.74, 6) is 0.118. The summed E-state index contributed by atoms with van der Waals surface area (Å²) in [4.78, 5) is 13.6. The summed E-state index contributed by atoms with van der Waals surface area (Å²) in [6.45, 7) is 3.87. The molecular formula is C16H22F3N3O2. The largest absolute Gasteiger partial charge is 0.411 e. The lowest BCUT2D eigenvalue weighted by atomic mass is 10.1. The number of hydrogen-bond donors (Lipinski definition) is 0. The number of amides is 1. The van der Waals surface area contributed by atoms with Crippen molar-refractivity contribution in [2.45, 2.75) is 44.4 Å². The fraction of sp³-hybridized carbons (Fsp3) is 0.625. The predicted octanol–water partition coefficient (Wildman–Crippen LogP) is 2.78. The van der Waals surface area contributed by atoms with Crippen molar-refractivity contribution in [2.24, 2.45) is 7.05 Å². The Morgan fingerprint density at radius 1 is 1.58 bits per heavy atom. The number of aryl methyl sites for hydroxylation is 1. The lowest BCUT2D eigenvalue weighted by Gasteiger charge is -2.29. The van der Waals surface area contributed by atoms with Gasteiger partial charge in [0.05, 0.1) is 31.1 Å². The molecule has 0 aliphatic heterocycles. The molecule has 0 radical (unpaired) electrons. The highest BCUT2D eigenvalue weighted by molar-refractivity contribution is 5.87. The van der Waals surface area contributed by atoms with Crippen LogP contribution in [0.25, 0.3) is 0 Å². The molecule has 1 aliphatic carbocycles. The van der Waals surface area contributed by atoms with E-state index < -0.39 is 18.8 Å². The van der Waals surface area contributed by atoms with E-state index >= 15 is 0 Å². The smallest absolute Gasteiger partial charge is 0.370 e. The summed E-state index contributed by atoms with van der Waals surface area (Å²) in [6.07, 6.45) is 0.771. The third-order valence-electron chi connectivity index (χ3n) is 4.05. The molecule has 134 valence electrons. The average molecular weight is 345 g/mol. The van der Waals surface area contributed by atoms with Crippen molar-refractivity contribution < 1.29 is 22.7 Å². The maximum atomic E-state index is 12.2. The molecule has 1 atom stereocenters. The van der Waals surface area contributed by atoms with Crippen molar-refractivity contribution in [3.8, 4) is 0 Å². The van der Waals surface area contributed by atoms with Crippen LogP contribution in [0.3, 0.4) is 0 Å². The quantitative estimate of drug-likeness (QED) is 0.681. The number of carbonyl (C=O) groups excluding carboxylic acids is 1. The molecular weight excluding hydrogens is 323 g/mol. The lowest BCUT2D eigenvalue weighted by Crippen LogP contribution is -2.41. The van der Waals surface area contributed by atoms with Gasteiger partial charge in [-0.25, -0.2) is 0 Å². The highest BCUT2D eigenvalue weighted by Gasteiger charge is 2.31. The zero-order chi connectivity index (χ0) is 17.9. The molecule has 1 aromatic heterocycles. The number of aromatic nitrogens is 2. The normalized spacial score (nSPS) is 16.0. The number of halogens is 3. The molecule has 5 nitrogen and oxygen atoms in total. The van der Waals surface area contributed by atoms with Gasteiger partial charge in [0.1, 0.15) is 6.61 Å². The van der Waals surface area contributed by atoms with Crippen LogP contribution >= 0.6 is 0 Å². The Labute approximate surface area is 139 Å². The second-order valence-electron chi connectivity index (χ2n) is 6.09. The van der Waals surface area contributed by atoms with Gasteiger partial charge in [0.15, 0.2) is 0 Å². The highest BCUT2D eigenvalue weighted by atomic mass is 19.4. The second kappa shape index (κ2) is 7.38. The van der Waals surface area contributed by atoms with Crippen molar-refractivity contribution >= 4 is 5.91 Å². The van der Waals surface area contributed by atoms with Crippen molar-refractivity contribution in [1.82, 2.24) is 14.7 Å². The van der Waals surface area contributed by atoms with Gasteiger partial charge in [-0.1, -0.05) is 6.58 Å². The van der Waals surface area contributed by atoms with E-state index in [1.54, 1.807) is 24.9 Å². The Kier molecular flexibility index (Phi) is 5.69. The molecule has 24 heavy (non-hydrogen) atoms. The van der Waals surface area contributed by atoms with Crippen LogP contribution < -0.4 is 0 Å². The first kappa shape index (κ1) is 18.5. The Morgan fingerprint density at radius 3 is 2.79 bits per heavy atom. The van der Waals surface area contributed by atoms with Gasteiger partial charge < -0.3 is 9.64 Å². The van der Waals surface area contributed by atoms with Crippen LogP contribution in [0.15, 0.2) is 18.9 Å². The zero-order valence-electron chi connectivity index (χ0n) is 13.8. The SMILES string of the molecule is C=CC(=O)N(Cc1c(C2CC2)cnn1C)C(C)COCC(F)(F)F. The maximum Gasteiger partial charge on any atom is 0.411 e. The minimum absolute atomic E-state index is 0.199. The highest BCUT2D eigenvalue weighted by Crippen LogP contribution is 2.41. The Balaban J connectivity index is 2.07. The molecule has 0 aromatic carbocycles. The number of hydrogen-bond acceptors (Lipinski definition) is 3. The molecule has 8 heteroatoms. The van der Waals surface area contributed by atoms with E-state index in [9.17, 15) is 18.0 Å². The minimum atomic E-state index is -4.38. The van der Waals surface area contributed by atoms with Gasteiger partial charge in [-0.05, 0) is 37.3 Å². The van der Waals surface area contributed by atoms with Gasteiger partial charge in [-0.3, -0.25) is 9.48 Å². The van der Waals surface area contributed by atoms with E-state index in [2.05, 4.69) is 11.7 Å². The molecule has 1 heterocycles. The summed E-state index contributed by atoms with van der Waals surface area (Å²) < 4.78 is 43.0. The van der Waals surface area contributed by atoms with Gasteiger partial charge >= 0.3 is 6.18 Å². The summed E-state index contributed by atoms with van der Waals surface area (Å²) in [6, 6.07) is -0.514. The number of rotatable bonds is 8. The van der Waals surface area contributed by atoms with E-state index in [1.165, 1.54) is 4.90 Å². The van der Waals surface area contributed by atoms with E-state index in [1.807, 2.05) is 0 Å². The minimum Gasteiger partial charge on any atom is -0.370 e. The Hall–Kier alpha value is -1.83. The van der Waals surface area contributed by atoms with Crippen LogP contribution in [0.2, 0.25) is 0 Å². The standard InChI is InChI=1S/C16H22F3N3O2/c1-4-15(23)22(11(2)9-24-10-16(17,18)19)8-14-13(12-5-6-12)7-20-21(14)3/h4,7,11-12H,1,5-6,8-10H2,2-3H3. The molecule has 2 rings (SSSR count). The first-order chi connectivity index (χ1) is 11.2. The maximum absolute atomic E-state index is 12.2. The zero-order valence-corrected chi connectivity index (χ0v) is 13.8. The average Bonchev–Trinajstić information content (AvgIpc) is 3.27. The van der Waals surface area contributed by atoms with Crippen LogP contribution in [-0.2, 0) is 23.1 Å². The van der Waals surface area contributed by atoms with E-state index in [4.69, 9.17) is 4.74 Å². The fourth-order valence-corrected chi connectivity index (χ4v) is 2.57. The molecule has 0 spiro atoms. The molecule has 1 saturated carbocycles. The monoisotopic (exact) mass is 345 g/mol. The van der Waals surface area contributed by atoms with Crippen LogP contribution in [0, 0.1) is 0 Å². The van der Waals surface area contributed by atoms with Gasteiger partial charge in [-0.2, -0.15) is 18.3 Å². The first-order valence-electron chi connectivity index (χ1n) is 7.81. The van der Waals surface area contributed by atoms with Gasteiger partial charge in [0.25, 0.3) is 0 Å². The van der Waals surface area contributed by atoms with Crippen molar-refractivity contribution in [1.29, 1.82) is 0 Å².